The van der Waals surface area contributed by atoms with E-state index < -0.39 is 24.3 Å². The highest BCUT2D eigenvalue weighted by atomic mass is 16.6. The summed E-state index contributed by atoms with van der Waals surface area (Å²) < 4.78 is 25.3. The molecule has 6 nitrogen and oxygen atoms in total. The molecule has 1 unspecified atom stereocenters. The van der Waals surface area contributed by atoms with Crippen LogP contribution >= 0.6 is 0 Å². The monoisotopic (exact) mass is 290 g/mol. The summed E-state index contributed by atoms with van der Waals surface area (Å²) in [6.45, 7) is 6.71. The molecule has 20 heavy (non-hydrogen) atoms. The van der Waals surface area contributed by atoms with E-state index in [0.29, 0.717) is 0 Å². The number of hydrogen-bond acceptors (Lipinski definition) is 5. The van der Waals surface area contributed by atoms with E-state index in [1.165, 1.54) is 0 Å². The molecule has 1 aliphatic heterocycles. The van der Waals surface area contributed by atoms with Crippen LogP contribution in [-0.4, -0.2) is 63.1 Å². The summed E-state index contributed by atoms with van der Waals surface area (Å²) >= 11 is 0. The van der Waals surface area contributed by atoms with Gasteiger partial charge in [-0.15, -0.1) is 0 Å². The number of carbonyl (C=O) groups excluding carboxylic acids is 1. The number of ether oxygens (including phenoxy) is 3. The minimum absolute atomic E-state index is 0.0485. The second kappa shape index (κ2) is 7.36. The molecule has 0 aromatic rings. The molecule has 0 spiro atoms. The Morgan fingerprint density at radius 2 is 2.05 bits per heavy atom. The number of hydrogen-bond donors (Lipinski definition) is 2. The minimum Gasteiger partial charge on any atom is -0.375 e. The third-order valence-electron chi connectivity index (χ3n) is 3.21. The van der Waals surface area contributed by atoms with E-state index in [9.17, 15) is 4.79 Å². The molecule has 1 heterocycles. The lowest BCUT2D eigenvalue weighted by Crippen LogP contribution is -2.60. The van der Waals surface area contributed by atoms with E-state index in [1.807, 2.05) is 27.7 Å². The zero-order valence-corrected chi connectivity index (χ0v) is 13.2. The first-order valence-corrected chi connectivity index (χ1v) is 7.05. The molecule has 1 aliphatic rings. The molecule has 0 aromatic heterocycles. The molecule has 1 amide bonds. The summed E-state index contributed by atoms with van der Waals surface area (Å²) in [5.74, 6) is -0.330. The molecule has 0 saturated carbocycles. The van der Waals surface area contributed by atoms with Crippen LogP contribution in [0.25, 0.3) is 0 Å². The molecule has 2 N–H and O–H groups in total. The first-order chi connectivity index (χ1) is 9.78. The van der Waals surface area contributed by atoms with Gasteiger partial charge in [-0.2, -0.15) is 0 Å². The van der Waals surface area contributed by atoms with Crippen LogP contribution in [0.1, 0.15) is 29.1 Å². The maximum atomic E-state index is 12.4. The van der Waals surface area contributed by atoms with Crippen LogP contribution in [0.2, 0.25) is 0 Å². The van der Waals surface area contributed by atoms with Crippen molar-refractivity contribution >= 4 is 5.91 Å². The van der Waals surface area contributed by atoms with Gasteiger partial charge < -0.3 is 24.8 Å². The fourth-order valence-electron chi connectivity index (χ4n) is 2.20. The van der Waals surface area contributed by atoms with E-state index in [0.717, 1.165) is 0 Å². The molecule has 118 valence electrons. The molecule has 6 heteroatoms. The maximum Gasteiger partial charge on any atom is 0.257 e. The van der Waals surface area contributed by atoms with Gasteiger partial charge in [0.05, 0.1) is 32.8 Å². The highest BCUT2D eigenvalue weighted by Crippen LogP contribution is 2.31. The van der Waals surface area contributed by atoms with E-state index in [1.54, 1.807) is 14.1 Å². The molecule has 1 rings (SSSR count). The Morgan fingerprint density at radius 1 is 1.40 bits per heavy atom. The number of rotatable bonds is 7. The number of carbonyl (C=O) groups is 1. The number of nitrogens with one attached hydrogen (secondary N) is 2. The molecular formula is C14H28N2O4. The van der Waals surface area contributed by atoms with Crippen molar-refractivity contribution in [3.05, 3.63) is 0 Å². The van der Waals surface area contributed by atoms with Crippen molar-refractivity contribution in [2.45, 2.75) is 57.6 Å². The highest BCUT2D eigenvalue weighted by molar-refractivity contribution is 5.86. The van der Waals surface area contributed by atoms with E-state index in [2.05, 4.69) is 10.6 Å². The van der Waals surface area contributed by atoms with Crippen molar-refractivity contribution < 1.29 is 20.4 Å². The first kappa shape index (κ1) is 15.7. The van der Waals surface area contributed by atoms with Crippen molar-refractivity contribution in [3.63, 3.8) is 0 Å². The Morgan fingerprint density at radius 3 is 2.50 bits per heavy atom. The molecule has 1 fully saturated rings. The minimum atomic E-state index is -1.32. The quantitative estimate of drug-likeness (QED) is 0.706. The predicted octanol–water partition coefficient (Wildman–Crippen LogP) is 0.308. The predicted molar refractivity (Wildman–Crippen MR) is 76.7 cm³/mol. The van der Waals surface area contributed by atoms with Crippen molar-refractivity contribution in [1.29, 1.82) is 0 Å². The van der Waals surface area contributed by atoms with Gasteiger partial charge in [-0.3, -0.25) is 4.79 Å². The van der Waals surface area contributed by atoms with Crippen molar-refractivity contribution in [3.8, 4) is 0 Å². The average Bonchev–Trinajstić information content (AvgIpc) is 2.67. The topological polar surface area (TPSA) is 68.8 Å². The lowest BCUT2D eigenvalue weighted by Gasteiger charge is -2.35. The number of likely N-dealkylation sites (N-methyl/N-ethyl adjacent to an activating group) is 2. The summed E-state index contributed by atoms with van der Waals surface area (Å²) in [5.41, 5.74) is -1.32. The third-order valence-corrected chi connectivity index (χ3v) is 3.21. The molecular weight excluding hydrogens is 260 g/mol. The van der Waals surface area contributed by atoms with Crippen molar-refractivity contribution in [2.24, 2.45) is 0 Å². The van der Waals surface area contributed by atoms with Crippen LogP contribution in [0.5, 0.6) is 0 Å². The van der Waals surface area contributed by atoms with Crippen LogP contribution in [0.15, 0.2) is 0 Å². The van der Waals surface area contributed by atoms with Crippen LogP contribution in [0.3, 0.4) is 0 Å². The summed E-state index contributed by atoms with van der Waals surface area (Å²) in [4.78, 5) is 12.4. The van der Waals surface area contributed by atoms with E-state index >= 15 is 0 Å². The average molecular weight is 290 g/mol. The van der Waals surface area contributed by atoms with Gasteiger partial charge in [0.25, 0.3) is 5.91 Å². The largest absolute Gasteiger partial charge is 0.375 e. The van der Waals surface area contributed by atoms with Gasteiger partial charge in [0, 0.05) is 7.05 Å². The fraction of sp³-hybridized carbons (Fsp3) is 0.929. The first-order valence-electron chi connectivity index (χ1n) is 7.62. The van der Waals surface area contributed by atoms with E-state index in [4.69, 9.17) is 15.6 Å². The van der Waals surface area contributed by atoms with Crippen LogP contribution < -0.4 is 10.6 Å². The molecule has 0 aromatic carbocycles. The van der Waals surface area contributed by atoms with Crippen molar-refractivity contribution in [1.82, 2.24) is 10.6 Å². The summed E-state index contributed by atoms with van der Waals surface area (Å²) in [7, 11) is 3.27. The van der Waals surface area contributed by atoms with Gasteiger partial charge in [0.2, 0.25) is 0 Å². The lowest BCUT2D eigenvalue weighted by atomic mass is 9.93. The molecule has 0 radical (unpaired) electrons. The van der Waals surface area contributed by atoms with E-state index in [-0.39, 0.29) is 24.7 Å². The normalized spacial score (nSPS) is 34.6. The SMILES string of the molecule is [3H][C@@H]1O[C@@](COC(C)C)(C(=O)NC)C(OC(C)C)[C@@H]1NC. The van der Waals surface area contributed by atoms with Gasteiger partial charge in [0.15, 0.2) is 5.60 Å². The lowest BCUT2D eigenvalue weighted by molar-refractivity contribution is -0.172. The summed E-state index contributed by atoms with van der Waals surface area (Å²) in [6, 6.07) is -0.402. The second-order valence-corrected chi connectivity index (χ2v) is 5.50. The fourth-order valence-corrected chi connectivity index (χ4v) is 2.20. The van der Waals surface area contributed by atoms with Gasteiger partial charge in [0.1, 0.15) is 6.10 Å². The standard InChI is InChI=1S/C14H28N2O4/c1-9(2)18-8-14(13(17)16-6)12(20-10(3)4)11(15-5)7-19-14/h9-12,15H,7-8H2,1-6H3,(H,16,17)/t11-,12?,14-/m1/s1/i7T/t7-,11+,12?,14+/m0. The van der Waals surface area contributed by atoms with Gasteiger partial charge >= 0.3 is 0 Å². The Hall–Kier alpha value is -0.690. The van der Waals surface area contributed by atoms with Crippen LogP contribution in [0.4, 0.5) is 0 Å². The third kappa shape index (κ3) is 3.69. The van der Waals surface area contributed by atoms with Crippen LogP contribution in [-0.2, 0) is 19.0 Å². The maximum absolute atomic E-state index is 12.4. The Balaban J connectivity index is 3.13. The zero-order valence-electron chi connectivity index (χ0n) is 14.2. The number of amides is 1. The van der Waals surface area contributed by atoms with Gasteiger partial charge in [-0.1, -0.05) is 0 Å². The van der Waals surface area contributed by atoms with Gasteiger partial charge in [-0.25, -0.2) is 0 Å². The summed E-state index contributed by atoms with van der Waals surface area (Å²) in [6.07, 6.45) is -0.737. The summed E-state index contributed by atoms with van der Waals surface area (Å²) in [5, 5.41) is 5.62. The Bertz CT molecular complexity index is 354. The second-order valence-electron chi connectivity index (χ2n) is 5.50. The Kier molecular flexibility index (Phi) is 5.77. The molecule has 1 saturated heterocycles. The molecule has 4 atom stereocenters. The highest BCUT2D eigenvalue weighted by Gasteiger charge is 2.56. The molecule has 0 aliphatic carbocycles. The van der Waals surface area contributed by atoms with Crippen LogP contribution in [0, 0.1) is 0 Å². The Labute approximate surface area is 122 Å². The van der Waals surface area contributed by atoms with Gasteiger partial charge in [-0.05, 0) is 34.7 Å². The van der Waals surface area contributed by atoms with Crippen molar-refractivity contribution in [2.75, 3.05) is 27.3 Å². The smallest absolute Gasteiger partial charge is 0.257 e. The molecule has 0 bridgehead atoms. The zero-order chi connectivity index (χ0) is 16.2.